The maximum absolute atomic E-state index is 10.9. The van der Waals surface area contributed by atoms with Gasteiger partial charge in [0, 0.05) is 25.7 Å². The van der Waals surface area contributed by atoms with Crippen LogP contribution in [0.2, 0.25) is 0 Å². The molecular weight excluding hydrogens is 312 g/mol. The second-order valence-corrected chi connectivity index (χ2v) is 5.53. The van der Waals surface area contributed by atoms with Crippen LogP contribution in [-0.2, 0) is 11.3 Å². The molecule has 1 heterocycles. The first-order valence-electron chi connectivity index (χ1n) is 6.37. The number of nitro groups is 1. The zero-order chi connectivity index (χ0) is 13.8. The lowest BCUT2D eigenvalue weighted by Gasteiger charge is -2.32. The van der Waals surface area contributed by atoms with Crippen molar-refractivity contribution >= 4 is 21.6 Å². The molecule has 1 saturated heterocycles. The SMILES string of the molecule is CCC1CN(Cc2ccc(Br)c([N+](=O)[O-])c2)CCO1. The Labute approximate surface area is 120 Å². The maximum Gasteiger partial charge on any atom is 0.283 e. The molecule has 0 bridgehead atoms. The largest absolute Gasteiger partial charge is 0.376 e. The van der Waals surface area contributed by atoms with Gasteiger partial charge in [-0.05, 0) is 34.0 Å². The Balaban J connectivity index is 2.06. The second kappa shape index (κ2) is 6.45. The van der Waals surface area contributed by atoms with Crippen LogP contribution in [0.25, 0.3) is 0 Å². The highest BCUT2D eigenvalue weighted by molar-refractivity contribution is 9.10. The highest BCUT2D eigenvalue weighted by atomic mass is 79.9. The lowest BCUT2D eigenvalue weighted by Crippen LogP contribution is -2.41. The van der Waals surface area contributed by atoms with E-state index in [1.165, 1.54) is 0 Å². The highest BCUT2D eigenvalue weighted by Crippen LogP contribution is 2.26. The molecule has 2 rings (SSSR count). The summed E-state index contributed by atoms with van der Waals surface area (Å²) in [6.45, 7) is 5.34. The van der Waals surface area contributed by atoms with Crippen molar-refractivity contribution in [3.8, 4) is 0 Å². The molecule has 0 aliphatic carbocycles. The molecule has 0 spiro atoms. The predicted molar refractivity (Wildman–Crippen MR) is 76.1 cm³/mol. The quantitative estimate of drug-likeness (QED) is 0.629. The zero-order valence-corrected chi connectivity index (χ0v) is 12.4. The topological polar surface area (TPSA) is 55.6 Å². The molecule has 1 fully saturated rings. The first-order chi connectivity index (χ1) is 9.10. The number of nitrogens with zero attached hydrogens (tertiary/aromatic N) is 2. The number of nitro benzene ring substituents is 1. The standard InChI is InChI=1S/C13H17BrN2O3/c1-2-11-9-15(5-6-19-11)8-10-3-4-12(14)13(7-10)16(17)18/h3-4,7,11H,2,5-6,8-9H2,1H3. The smallest absolute Gasteiger partial charge is 0.283 e. The molecule has 19 heavy (non-hydrogen) atoms. The third-order valence-electron chi connectivity index (χ3n) is 3.29. The number of rotatable bonds is 4. The van der Waals surface area contributed by atoms with Crippen LogP contribution in [0.3, 0.4) is 0 Å². The van der Waals surface area contributed by atoms with Gasteiger partial charge in [0.2, 0.25) is 0 Å². The molecule has 5 nitrogen and oxygen atoms in total. The van der Waals surface area contributed by atoms with E-state index in [0.29, 0.717) is 4.47 Å². The van der Waals surface area contributed by atoms with Crippen molar-refractivity contribution < 1.29 is 9.66 Å². The Morgan fingerprint density at radius 2 is 2.37 bits per heavy atom. The molecule has 6 heteroatoms. The van der Waals surface area contributed by atoms with Gasteiger partial charge in [0.05, 0.1) is 22.1 Å². The predicted octanol–water partition coefficient (Wildman–Crippen LogP) is 2.97. The fourth-order valence-corrected chi connectivity index (χ4v) is 2.62. The van der Waals surface area contributed by atoms with Crippen LogP contribution in [0.4, 0.5) is 5.69 Å². The number of hydrogen-bond donors (Lipinski definition) is 0. The minimum atomic E-state index is -0.359. The molecule has 104 valence electrons. The molecule has 0 aromatic heterocycles. The third-order valence-corrected chi connectivity index (χ3v) is 3.96. The lowest BCUT2D eigenvalue weighted by molar-refractivity contribution is -0.385. The van der Waals surface area contributed by atoms with Crippen molar-refractivity contribution in [3.63, 3.8) is 0 Å². The molecule has 1 aromatic rings. The number of halogens is 1. The van der Waals surface area contributed by atoms with Gasteiger partial charge < -0.3 is 4.74 Å². The van der Waals surface area contributed by atoms with Crippen molar-refractivity contribution in [1.29, 1.82) is 0 Å². The van der Waals surface area contributed by atoms with E-state index in [1.807, 2.05) is 6.07 Å². The normalized spacial score (nSPS) is 20.4. The van der Waals surface area contributed by atoms with E-state index in [1.54, 1.807) is 12.1 Å². The summed E-state index contributed by atoms with van der Waals surface area (Å²) in [6.07, 6.45) is 1.27. The van der Waals surface area contributed by atoms with E-state index >= 15 is 0 Å². The van der Waals surface area contributed by atoms with Gasteiger partial charge >= 0.3 is 0 Å². The van der Waals surface area contributed by atoms with E-state index in [2.05, 4.69) is 27.8 Å². The minimum Gasteiger partial charge on any atom is -0.376 e. The highest BCUT2D eigenvalue weighted by Gasteiger charge is 2.20. The Kier molecular flexibility index (Phi) is 4.90. The number of morpholine rings is 1. The van der Waals surface area contributed by atoms with Crippen molar-refractivity contribution in [2.75, 3.05) is 19.7 Å². The molecule has 1 unspecified atom stereocenters. The Morgan fingerprint density at radius 3 is 3.05 bits per heavy atom. The molecule has 1 aliphatic rings. The second-order valence-electron chi connectivity index (χ2n) is 4.68. The molecule has 1 aliphatic heterocycles. The molecule has 0 radical (unpaired) electrons. The van der Waals surface area contributed by atoms with E-state index < -0.39 is 0 Å². The summed E-state index contributed by atoms with van der Waals surface area (Å²) in [5.41, 5.74) is 1.09. The Morgan fingerprint density at radius 1 is 1.58 bits per heavy atom. The summed E-state index contributed by atoms with van der Waals surface area (Å²) in [5, 5.41) is 10.9. The number of benzene rings is 1. The van der Waals surface area contributed by atoms with Crippen LogP contribution in [0.5, 0.6) is 0 Å². The van der Waals surface area contributed by atoms with Crippen LogP contribution in [0.1, 0.15) is 18.9 Å². The summed E-state index contributed by atoms with van der Waals surface area (Å²) >= 11 is 3.20. The maximum atomic E-state index is 10.9. The monoisotopic (exact) mass is 328 g/mol. The first kappa shape index (κ1) is 14.4. The fraction of sp³-hybridized carbons (Fsp3) is 0.538. The summed E-state index contributed by atoms with van der Waals surface area (Å²) in [6, 6.07) is 5.30. The van der Waals surface area contributed by atoms with Gasteiger partial charge in [-0.15, -0.1) is 0 Å². The zero-order valence-electron chi connectivity index (χ0n) is 10.8. The molecule has 1 aromatic carbocycles. The van der Waals surface area contributed by atoms with E-state index in [-0.39, 0.29) is 16.7 Å². The molecule has 1 atom stereocenters. The van der Waals surface area contributed by atoms with Gasteiger partial charge in [0.1, 0.15) is 0 Å². The summed E-state index contributed by atoms with van der Waals surface area (Å²) in [5.74, 6) is 0. The Bertz CT molecular complexity index is 467. The molecule has 0 saturated carbocycles. The fourth-order valence-electron chi connectivity index (χ4n) is 2.23. The van der Waals surface area contributed by atoms with Gasteiger partial charge in [-0.2, -0.15) is 0 Å². The van der Waals surface area contributed by atoms with E-state index in [9.17, 15) is 10.1 Å². The van der Waals surface area contributed by atoms with Crippen LogP contribution in [-0.4, -0.2) is 35.6 Å². The average Bonchev–Trinajstić information content (AvgIpc) is 2.41. The van der Waals surface area contributed by atoms with Gasteiger partial charge in [-0.3, -0.25) is 15.0 Å². The van der Waals surface area contributed by atoms with Crippen molar-refractivity contribution in [3.05, 3.63) is 38.3 Å². The van der Waals surface area contributed by atoms with Gasteiger partial charge in [-0.1, -0.05) is 13.0 Å². The molecular formula is C13H17BrN2O3. The molecule has 0 amide bonds. The number of ether oxygens (including phenoxy) is 1. The number of hydrogen-bond acceptors (Lipinski definition) is 4. The van der Waals surface area contributed by atoms with Crippen LogP contribution >= 0.6 is 15.9 Å². The summed E-state index contributed by atoms with van der Waals surface area (Å²) in [4.78, 5) is 12.8. The van der Waals surface area contributed by atoms with Gasteiger partial charge in [0.15, 0.2) is 0 Å². The van der Waals surface area contributed by atoms with Crippen molar-refractivity contribution in [2.45, 2.75) is 26.0 Å². The van der Waals surface area contributed by atoms with Gasteiger partial charge in [-0.25, -0.2) is 0 Å². The van der Waals surface area contributed by atoms with Crippen LogP contribution in [0.15, 0.2) is 22.7 Å². The van der Waals surface area contributed by atoms with Crippen molar-refractivity contribution in [2.24, 2.45) is 0 Å². The minimum absolute atomic E-state index is 0.123. The van der Waals surface area contributed by atoms with E-state index in [0.717, 1.165) is 38.2 Å². The lowest BCUT2D eigenvalue weighted by atomic mass is 10.1. The average molecular weight is 329 g/mol. The summed E-state index contributed by atoms with van der Waals surface area (Å²) < 4.78 is 6.14. The molecule has 0 N–H and O–H groups in total. The van der Waals surface area contributed by atoms with E-state index in [4.69, 9.17) is 4.74 Å². The van der Waals surface area contributed by atoms with Gasteiger partial charge in [0.25, 0.3) is 5.69 Å². The van der Waals surface area contributed by atoms with Crippen LogP contribution in [0, 0.1) is 10.1 Å². The van der Waals surface area contributed by atoms with Crippen molar-refractivity contribution in [1.82, 2.24) is 4.90 Å². The van der Waals surface area contributed by atoms with Crippen LogP contribution < -0.4 is 0 Å². The Hall–Kier alpha value is -0.980. The first-order valence-corrected chi connectivity index (χ1v) is 7.16. The third kappa shape index (κ3) is 3.75. The summed E-state index contributed by atoms with van der Waals surface area (Å²) in [7, 11) is 0.